The van der Waals surface area contributed by atoms with E-state index in [1.54, 1.807) is 17.5 Å². The summed E-state index contributed by atoms with van der Waals surface area (Å²) in [6.45, 7) is 6.86. The molecule has 1 N–H and O–H groups in total. The number of hydrogen-bond donors (Lipinski definition) is 1. The number of rotatable bonds is 6. The van der Waals surface area contributed by atoms with Crippen LogP contribution in [0.5, 0.6) is 0 Å². The lowest BCUT2D eigenvalue weighted by Gasteiger charge is -2.33. The summed E-state index contributed by atoms with van der Waals surface area (Å²) in [7, 11) is -3.82. The molecule has 0 spiro atoms. The number of thiophene rings is 1. The molecule has 1 aromatic heterocycles. The first-order valence-electron chi connectivity index (χ1n) is 10.6. The average molecular weight is 448 g/mol. The molecule has 6 nitrogen and oxygen atoms in total. The maximum absolute atomic E-state index is 13.1. The standard InChI is InChI=1S/C22H29N3O3S2/c1-17-4-6-19(7-5-17)23-30(27,28)20-10-15-29-21(20)22(26)25-13-8-18(9-14-25)16-24-11-2-3-12-24/h4-7,10,15,18,23H,2-3,8-9,11-14,16H2,1H3. The van der Waals surface area contributed by atoms with Gasteiger partial charge in [0, 0.05) is 25.3 Å². The number of nitrogens with one attached hydrogen (secondary N) is 1. The van der Waals surface area contributed by atoms with Crippen molar-refractivity contribution >= 4 is 33.0 Å². The van der Waals surface area contributed by atoms with Gasteiger partial charge in [-0.3, -0.25) is 9.52 Å². The van der Waals surface area contributed by atoms with Gasteiger partial charge in [0.2, 0.25) is 0 Å². The highest BCUT2D eigenvalue weighted by atomic mass is 32.2. The Kier molecular flexibility index (Phi) is 6.46. The molecule has 0 unspecified atom stereocenters. The second-order valence-electron chi connectivity index (χ2n) is 8.33. The number of carbonyl (C=O) groups excluding carboxylic acids is 1. The molecule has 0 saturated carbocycles. The van der Waals surface area contributed by atoms with Gasteiger partial charge in [-0.25, -0.2) is 8.42 Å². The molecule has 8 heteroatoms. The van der Waals surface area contributed by atoms with Crippen molar-refractivity contribution in [1.82, 2.24) is 9.80 Å². The lowest BCUT2D eigenvalue weighted by molar-refractivity contribution is 0.0674. The fourth-order valence-corrected chi connectivity index (χ4v) is 6.74. The molecule has 2 aromatic rings. The Morgan fingerprint density at radius 3 is 2.40 bits per heavy atom. The highest BCUT2D eigenvalue weighted by Crippen LogP contribution is 2.28. The molecule has 0 radical (unpaired) electrons. The Hall–Kier alpha value is -1.90. The van der Waals surface area contributed by atoms with E-state index < -0.39 is 10.0 Å². The Balaban J connectivity index is 1.41. The predicted molar refractivity (Wildman–Crippen MR) is 121 cm³/mol. The second kappa shape index (κ2) is 9.08. The molecule has 30 heavy (non-hydrogen) atoms. The Morgan fingerprint density at radius 2 is 1.73 bits per heavy atom. The Morgan fingerprint density at radius 1 is 1.07 bits per heavy atom. The van der Waals surface area contributed by atoms with Crippen molar-refractivity contribution in [3.8, 4) is 0 Å². The minimum Gasteiger partial charge on any atom is -0.338 e. The molecular formula is C22H29N3O3S2. The van der Waals surface area contributed by atoms with Crippen molar-refractivity contribution in [2.24, 2.45) is 5.92 Å². The third-order valence-electron chi connectivity index (χ3n) is 6.03. The zero-order valence-electron chi connectivity index (χ0n) is 17.3. The van der Waals surface area contributed by atoms with E-state index in [1.807, 2.05) is 24.0 Å². The number of hydrogen-bond acceptors (Lipinski definition) is 5. The maximum Gasteiger partial charge on any atom is 0.265 e. The first kappa shape index (κ1) is 21.3. The number of carbonyl (C=O) groups is 1. The summed E-state index contributed by atoms with van der Waals surface area (Å²) < 4.78 is 28.4. The second-order valence-corrected chi connectivity index (χ2v) is 10.9. The number of piperidine rings is 1. The summed E-state index contributed by atoms with van der Waals surface area (Å²) >= 11 is 1.20. The molecular weight excluding hydrogens is 418 g/mol. The number of nitrogens with zero attached hydrogens (tertiary/aromatic N) is 2. The van der Waals surface area contributed by atoms with Crippen molar-refractivity contribution in [2.45, 2.75) is 37.5 Å². The van der Waals surface area contributed by atoms with Crippen LogP contribution in [0.25, 0.3) is 0 Å². The SMILES string of the molecule is Cc1ccc(NS(=O)(=O)c2ccsc2C(=O)N2CCC(CN3CCCC3)CC2)cc1. The van der Waals surface area contributed by atoms with E-state index in [1.165, 1.54) is 43.3 Å². The van der Waals surface area contributed by atoms with Crippen molar-refractivity contribution in [3.05, 3.63) is 46.2 Å². The quantitative estimate of drug-likeness (QED) is 0.731. The molecule has 2 saturated heterocycles. The van der Waals surface area contributed by atoms with Crippen molar-refractivity contribution in [3.63, 3.8) is 0 Å². The summed E-state index contributed by atoms with van der Waals surface area (Å²) in [5.41, 5.74) is 1.55. The Labute approximate surface area is 182 Å². The Bertz CT molecular complexity index is 971. The molecule has 162 valence electrons. The molecule has 0 atom stereocenters. The number of benzene rings is 1. The first-order valence-corrected chi connectivity index (χ1v) is 13.0. The van der Waals surface area contributed by atoms with Crippen molar-refractivity contribution in [1.29, 1.82) is 0 Å². The molecule has 2 aliphatic heterocycles. The van der Waals surface area contributed by atoms with Crippen LogP contribution in [-0.4, -0.2) is 56.8 Å². The normalized spacial score (nSPS) is 18.6. The summed E-state index contributed by atoms with van der Waals surface area (Å²) in [4.78, 5) is 17.8. The topological polar surface area (TPSA) is 69.7 Å². The summed E-state index contributed by atoms with van der Waals surface area (Å²) in [6, 6.07) is 8.68. The van der Waals surface area contributed by atoms with E-state index in [0.29, 0.717) is 29.6 Å². The third-order valence-corrected chi connectivity index (χ3v) is 8.49. The van der Waals surface area contributed by atoms with Crippen LogP contribution in [-0.2, 0) is 10.0 Å². The van der Waals surface area contributed by atoms with Crippen LogP contribution in [0.1, 0.15) is 40.9 Å². The average Bonchev–Trinajstić information content (AvgIpc) is 3.42. The van der Waals surface area contributed by atoms with Gasteiger partial charge in [-0.1, -0.05) is 17.7 Å². The van der Waals surface area contributed by atoms with Gasteiger partial charge < -0.3 is 9.80 Å². The molecule has 1 amide bonds. The molecule has 4 rings (SSSR count). The van der Waals surface area contributed by atoms with Gasteiger partial charge in [0.1, 0.15) is 9.77 Å². The molecule has 0 aliphatic carbocycles. The first-order chi connectivity index (χ1) is 14.4. The highest BCUT2D eigenvalue weighted by molar-refractivity contribution is 7.93. The number of amides is 1. The summed E-state index contributed by atoms with van der Waals surface area (Å²) in [6.07, 6.45) is 4.56. The molecule has 2 aliphatic rings. The fourth-order valence-electron chi connectivity index (χ4n) is 4.29. The minimum absolute atomic E-state index is 0.0669. The number of sulfonamides is 1. The van der Waals surface area contributed by atoms with Crippen LogP contribution in [0.3, 0.4) is 0 Å². The lowest BCUT2D eigenvalue weighted by atomic mass is 9.96. The minimum atomic E-state index is -3.82. The van der Waals surface area contributed by atoms with Gasteiger partial charge >= 0.3 is 0 Å². The van der Waals surface area contributed by atoms with Gasteiger partial charge in [-0.05, 0) is 75.2 Å². The van der Waals surface area contributed by atoms with Gasteiger partial charge in [-0.15, -0.1) is 11.3 Å². The zero-order valence-corrected chi connectivity index (χ0v) is 19.0. The number of likely N-dealkylation sites (tertiary alicyclic amines) is 2. The van der Waals surface area contributed by atoms with E-state index in [-0.39, 0.29) is 10.8 Å². The van der Waals surface area contributed by atoms with Gasteiger partial charge in [-0.2, -0.15) is 0 Å². The van der Waals surface area contributed by atoms with E-state index in [0.717, 1.165) is 24.9 Å². The van der Waals surface area contributed by atoms with Crippen LogP contribution in [0.4, 0.5) is 5.69 Å². The third kappa shape index (κ3) is 4.87. The van der Waals surface area contributed by atoms with Crippen LogP contribution >= 0.6 is 11.3 Å². The molecule has 2 fully saturated rings. The van der Waals surface area contributed by atoms with Crippen LogP contribution in [0.15, 0.2) is 40.6 Å². The molecule has 1 aromatic carbocycles. The van der Waals surface area contributed by atoms with E-state index >= 15 is 0 Å². The monoisotopic (exact) mass is 447 g/mol. The summed E-state index contributed by atoms with van der Waals surface area (Å²) in [5, 5.41) is 1.68. The molecule has 3 heterocycles. The maximum atomic E-state index is 13.1. The van der Waals surface area contributed by atoms with Crippen LogP contribution in [0.2, 0.25) is 0 Å². The van der Waals surface area contributed by atoms with Crippen molar-refractivity contribution < 1.29 is 13.2 Å². The predicted octanol–water partition coefficient (Wildman–Crippen LogP) is 3.81. The highest BCUT2D eigenvalue weighted by Gasteiger charge is 2.30. The van der Waals surface area contributed by atoms with E-state index in [4.69, 9.17) is 0 Å². The van der Waals surface area contributed by atoms with Gasteiger partial charge in [0.15, 0.2) is 0 Å². The smallest absolute Gasteiger partial charge is 0.265 e. The molecule has 0 bridgehead atoms. The van der Waals surface area contributed by atoms with Crippen LogP contribution < -0.4 is 4.72 Å². The van der Waals surface area contributed by atoms with E-state index in [9.17, 15) is 13.2 Å². The van der Waals surface area contributed by atoms with Crippen LogP contribution in [0, 0.1) is 12.8 Å². The van der Waals surface area contributed by atoms with Gasteiger partial charge in [0.05, 0.1) is 0 Å². The van der Waals surface area contributed by atoms with Crippen molar-refractivity contribution in [2.75, 3.05) is 37.4 Å². The fraction of sp³-hybridized carbons (Fsp3) is 0.500. The number of aryl methyl sites for hydroxylation is 1. The number of anilines is 1. The lowest BCUT2D eigenvalue weighted by Crippen LogP contribution is -2.41. The summed E-state index contributed by atoms with van der Waals surface area (Å²) in [5.74, 6) is 0.454. The van der Waals surface area contributed by atoms with Gasteiger partial charge in [0.25, 0.3) is 15.9 Å². The largest absolute Gasteiger partial charge is 0.338 e. The van der Waals surface area contributed by atoms with E-state index in [2.05, 4.69) is 9.62 Å². The zero-order chi connectivity index (χ0) is 21.1.